The van der Waals surface area contributed by atoms with Gasteiger partial charge in [0.15, 0.2) is 6.67 Å². The minimum atomic E-state index is -5.71. The number of rotatable bonds is 5. The second kappa shape index (κ2) is 3.92. The molecule has 8 heteroatoms. The van der Waals surface area contributed by atoms with Crippen LogP contribution in [0.3, 0.4) is 0 Å². The molecule has 0 unspecified atom stereocenters. The number of nitrogens with one attached hydrogen (secondary N) is 1. The SMILES string of the molecule is CNCC(F)(F)C(F)(F)C(F)(F)CF. The minimum absolute atomic E-state index is 0.886. The third-order valence-electron chi connectivity index (χ3n) is 1.49. The minimum Gasteiger partial charge on any atom is -0.314 e. The van der Waals surface area contributed by atoms with E-state index >= 15 is 0 Å². The summed E-state index contributed by atoms with van der Waals surface area (Å²) in [5, 5.41) is 1.62. The van der Waals surface area contributed by atoms with E-state index in [0.29, 0.717) is 0 Å². The third kappa shape index (κ3) is 2.10. The van der Waals surface area contributed by atoms with E-state index in [1.165, 1.54) is 0 Å². The summed E-state index contributed by atoms with van der Waals surface area (Å²) in [6, 6.07) is 0. The highest BCUT2D eigenvalue weighted by Crippen LogP contribution is 2.45. The molecule has 14 heavy (non-hydrogen) atoms. The summed E-state index contributed by atoms with van der Waals surface area (Å²) in [5.74, 6) is -16.1. The second-order valence-corrected chi connectivity index (χ2v) is 2.65. The van der Waals surface area contributed by atoms with Crippen LogP contribution in [-0.2, 0) is 0 Å². The van der Waals surface area contributed by atoms with Crippen LogP contribution < -0.4 is 5.32 Å². The van der Waals surface area contributed by atoms with Gasteiger partial charge in [-0.15, -0.1) is 0 Å². The highest BCUT2D eigenvalue weighted by Gasteiger charge is 2.71. The molecule has 0 aromatic rings. The van der Waals surface area contributed by atoms with Gasteiger partial charge >= 0.3 is 17.8 Å². The quantitative estimate of drug-likeness (QED) is 0.709. The van der Waals surface area contributed by atoms with Crippen LogP contribution in [0.4, 0.5) is 30.7 Å². The molecule has 0 spiro atoms. The predicted octanol–water partition coefficient (Wildman–Crippen LogP) is 2.08. The summed E-state index contributed by atoms with van der Waals surface area (Å²) in [4.78, 5) is 0. The monoisotopic (exact) mass is 227 g/mol. The zero-order chi connectivity index (χ0) is 11.6. The Hall–Kier alpha value is -0.530. The van der Waals surface area contributed by atoms with Gasteiger partial charge in [-0.3, -0.25) is 0 Å². The van der Waals surface area contributed by atoms with Gasteiger partial charge in [-0.05, 0) is 7.05 Å². The van der Waals surface area contributed by atoms with E-state index in [-0.39, 0.29) is 0 Å². The molecular weight excluding hydrogens is 219 g/mol. The van der Waals surface area contributed by atoms with Crippen LogP contribution in [0.1, 0.15) is 0 Å². The Morgan fingerprint density at radius 2 is 1.36 bits per heavy atom. The first-order valence-corrected chi connectivity index (χ1v) is 3.46. The average Bonchev–Trinajstić information content (AvgIpc) is 2.03. The van der Waals surface area contributed by atoms with Crippen molar-refractivity contribution >= 4 is 0 Å². The topological polar surface area (TPSA) is 12.0 Å². The zero-order valence-corrected chi connectivity index (χ0v) is 7.06. The van der Waals surface area contributed by atoms with E-state index < -0.39 is 31.0 Å². The molecule has 0 aromatic heterocycles. The van der Waals surface area contributed by atoms with Gasteiger partial charge in [-0.1, -0.05) is 0 Å². The van der Waals surface area contributed by atoms with Crippen LogP contribution in [0.2, 0.25) is 0 Å². The Balaban J connectivity index is 4.92. The molecular formula is C6H8F7N. The standard InChI is InChI=1S/C6H8F7N/c1-14-3-5(10,11)6(12,13)4(8,9)2-7/h14H,2-3H2,1H3. The Morgan fingerprint density at radius 3 is 1.64 bits per heavy atom. The van der Waals surface area contributed by atoms with E-state index in [9.17, 15) is 30.7 Å². The van der Waals surface area contributed by atoms with Gasteiger partial charge in [0.2, 0.25) is 0 Å². The van der Waals surface area contributed by atoms with Crippen molar-refractivity contribution in [1.29, 1.82) is 0 Å². The van der Waals surface area contributed by atoms with Crippen LogP contribution >= 0.6 is 0 Å². The van der Waals surface area contributed by atoms with Gasteiger partial charge in [0.05, 0.1) is 6.54 Å². The molecule has 0 fully saturated rings. The molecule has 0 saturated carbocycles. The van der Waals surface area contributed by atoms with Crippen molar-refractivity contribution in [3.05, 3.63) is 0 Å². The summed E-state index contributed by atoms with van der Waals surface area (Å²) in [7, 11) is 0.886. The van der Waals surface area contributed by atoms with Crippen LogP contribution in [0.5, 0.6) is 0 Å². The first-order chi connectivity index (χ1) is 6.12. The number of hydrogen-bond donors (Lipinski definition) is 1. The Morgan fingerprint density at radius 1 is 0.929 bits per heavy atom. The summed E-state index contributed by atoms with van der Waals surface area (Å²) in [5.41, 5.74) is 0. The maximum atomic E-state index is 12.4. The number of alkyl halides is 7. The van der Waals surface area contributed by atoms with E-state index in [0.717, 1.165) is 7.05 Å². The maximum absolute atomic E-state index is 12.4. The normalized spacial score (nSPS) is 14.6. The number of halogens is 7. The van der Waals surface area contributed by atoms with E-state index in [2.05, 4.69) is 0 Å². The van der Waals surface area contributed by atoms with E-state index in [1.54, 1.807) is 5.32 Å². The van der Waals surface area contributed by atoms with Crippen molar-refractivity contribution in [3.63, 3.8) is 0 Å². The predicted molar refractivity (Wildman–Crippen MR) is 34.7 cm³/mol. The lowest BCUT2D eigenvalue weighted by molar-refractivity contribution is -0.309. The lowest BCUT2D eigenvalue weighted by atomic mass is 10.1. The fourth-order valence-corrected chi connectivity index (χ4v) is 0.685. The van der Waals surface area contributed by atoms with E-state index in [1.807, 2.05) is 0 Å². The molecule has 0 atom stereocenters. The van der Waals surface area contributed by atoms with E-state index in [4.69, 9.17) is 0 Å². The lowest BCUT2D eigenvalue weighted by Crippen LogP contribution is -2.58. The van der Waals surface area contributed by atoms with Crippen molar-refractivity contribution in [2.45, 2.75) is 17.8 Å². The molecule has 0 aliphatic heterocycles. The molecule has 0 bridgehead atoms. The number of hydrogen-bond acceptors (Lipinski definition) is 1. The molecule has 1 nitrogen and oxygen atoms in total. The summed E-state index contributed by atoms with van der Waals surface area (Å²) >= 11 is 0. The fraction of sp³-hybridized carbons (Fsp3) is 1.00. The summed E-state index contributed by atoms with van der Waals surface area (Å²) < 4.78 is 85.3. The van der Waals surface area contributed by atoms with Crippen molar-refractivity contribution in [2.24, 2.45) is 0 Å². The smallest absolute Gasteiger partial charge is 0.314 e. The van der Waals surface area contributed by atoms with Crippen LogP contribution in [-0.4, -0.2) is 38.0 Å². The third-order valence-corrected chi connectivity index (χ3v) is 1.49. The Kier molecular flexibility index (Phi) is 3.77. The summed E-state index contributed by atoms with van der Waals surface area (Å²) in [6.45, 7) is -4.49. The Bertz CT molecular complexity index is 191. The molecule has 0 saturated heterocycles. The van der Waals surface area contributed by atoms with Gasteiger partial charge in [0.1, 0.15) is 0 Å². The molecule has 86 valence electrons. The van der Waals surface area contributed by atoms with Crippen molar-refractivity contribution in [3.8, 4) is 0 Å². The molecule has 0 aliphatic rings. The Labute approximate surface area is 75.3 Å². The molecule has 0 heterocycles. The van der Waals surface area contributed by atoms with Crippen molar-refractivity contribution < 1.29 is 30.7 Å². The lowest BCUT2D eigenvalue weighted by Gasteiger charge is -2.31. The summed E-state index contributed by atoms with van der Waals surface area (Å²) in [6.07, 6.45) is 0. The van der Waals surface area contributed by atoms with Crippen molar-refractivity contribution in [2.75, 3.05) is 20.3 Å². The van der Waals surface area contributed by atoms with Crippen molar-refractivity contribution in [1.82, 2.24) is 5.32 Å². The average molecular weight is 227 g/mol. The molecule has 1 N–H and O–H groups in total. The van der Waals surface area contributed by atoms with Crippen LogP contribution in [0.15, 0.2) is 0 Å². The molecule has 0 amide bonds. The van der Waals surface area contributed by atoms with Gasteiger partial charge in [0.25, 0.3) is 0 Å². The molecule has 0 radical (unpaired) electrons. The van der Waals surface area contributed by atoms with Crippen LogP contribution in [0, 0.1) is 0 Å². The second-order valence-electron chi connectivity index (χ2n) is 2.65. The van der Waals surface area contributed by atoms with Gasteiger partial charge in [-0.2, -0.15) is 26.3 Å². The first-order valence-electron chi connectivity index (χ1n) is 3.46. The molecule has 0 aliphatic carbocycles. The van der Waals surface area contributed by atoms with Crippen LogP contribution in [0.25, 0.3) is 0 Å². The zero-order valence-electron chi connectivity index (χ0n) is 7.06. The fourth-order valence-electron chi connectivity index (χ4n) is 0.685. The molecule has 0 rings (SSSR count). The first kappa shape index (κ1) is 13.5. The van der Waals surface area contributed by atoms with Gasteiger partial charge in [0, 0.05) is 0 Å². The highest BCUT2D eigenvalue weighted by molar-refractivity contribution is 4.96. The van der Waals surface area contributed by atoms with Gasteiger partial charge in [-0.25, -0.2) is 4.39 Å². The maximum Gasteiger partial charge on any atom is 0.375 e. The molecule has 0 aromatic carbocycles. The largest absolute Gasteiger partial charge is 0.375 e. The highest BCUT2D eigenvalue weighted by atomic mass is 19.3. The van der Waals surface area contributed by atoms with Gasteiger partial charge < -0.3 is 5.32 Å².